The van der Waals surface area contributed by atoms with Gasteiger partial charge in [-0.05, 0) is 31.5 Å². The highest BCUT2D eigenvalue weighted by Gasteiger charge is 2.27. The number of fused-ring (bicyclic) bond motifs is 1. The molecule has 1 aromatic carbocycles. The SMILES string of the molecule is CCOC(=O)CC1Nc2cc(C)ccc2NC1=O. The normalized spacial score (nSPS) is 17.4. The number of carbonyl (C=O) groups is 2. The quantitative estimate of drug-likeness (QED) is 0.799. The fraction of sp³-hybridized carbons (Fsp3) is 0.385. The molecule has 0 aromatic heterocycles. The van der Waals surface area contributed by atoms with Crippen molar-refractivity contribution in [2.24, 2.45) is 0 Å². The van der Waals surface area contributed by atoms with Crippen molar-refractivity contribution in [2.75, 3.05) is 17.2 Å². The van der Waals surface area contributed by atoms with Crippen LogP contribution in [-0.2, 0) is 14.3 Å². The third kappa shape index (κ3) is 2.61. The van der Waals surface area contributed by atoms with Crippen LogP contribution < -0.4 is 10.6 Å². The Labute approximate surface area is 106 Å². The molecule has 1 aliphatic heterocycles. The van der Waals surface area contributed by atoms with E-state index < -0.39 is 6.04 Å². The molecule has 2 rings (SSSR count). The summed E-state index contributed by atoms with van der Waals surface area (Å²) in [6.45, 7) is 4.03. The van der Waals surface area contributed by atoms with Crippen molar-refractivity contribution >= 4 is 23.3 Å². The molecular formula is C13H16N2O3. The van der Waals surface area contributed by atoms with Gasteiger partial charge in [-0.3, -0.25) is 9.59 Å². The summed E-state index contributed by atoms with van der Waals surface area (Å²) < 4.78 is 4.85. The van der Waals surface area contributed by atoms with Gasteiger partial charge in [0.25, 0.3) is 0 Å². The van der Waals surface area contributed by atoms with E-state index in [1.165, 1.54) is 0 Å². The number of amides is 1. The average molecular weight is 248 g/mol. The predicted molar refractivity (Wildman–Crippen MR) is 68.5 cm³/mol. The molecule has 96 valence electrons. The number of esters is 1. The van der Waals surface area contributed by atoms with E-state index in [4.69, 9.17) is 4.74 Å². The van der Waals surface area contributed by atoms with Crippen LogP contribution in [0, 0.1) is 6.92 Å². The van der Waals surface area contributed by atoms with E-state index in [1.807, 2.05) is 25.1 Å². The summed E-state index contributed by atoms with van der Waals surface area (Å²) in [7, 11) is 0. The summed E-state index contributed by atoms with van der Waals surface area (Å²) >= 11 is 0. The second kappa shape index (κ2) is 5.08. The number of anilines is 2. The van der Waals surface area contributed by atoms with Crippen LogP contribution in [0.1, 0.15) is 18.9 Å². The molecule has 5 nitrogen and oxygen atoms in total. The molecule has 1 heterocycles. The van der Waals surface area contributed by atoms with E-state index in [1.54, 1.807) is 6.92 Å². The first-order valence-corrected chi connectivity index (χ1v) is 5.94. The van der Waals surface area contributed by atoms with Crippen molar-refractivity contribution in [1.29, 1.82) is 0 Å². The second-order valence-corrected chi connectivity index (χ2v) is 4.24. The molecule has 0 saturated carbocycles. The van der Waals surface area contributed by atoms with Crippen LogP contribution in [-0.4, -0.2) is 24.5 Å². The van der Waals surface area contributed by atoms with Gasteiger partial charge in [-0.2, -0.15) is 0 Å². The predicted octanol–water partition coefficient (Wildman–Crippen LogP) is 1.68. The van der Waals surface area contributed by atoms with Crippen LogP contribution in [0.4, 0.5) is 11.4 Å². The Bertz CT molecular complexity index is 485. The summed E-state index contributed by atoms with van der Waals surface area (Å²) in [5.74, 6) is -0.583. The zero-order valence-corrected chi connectivity index (χ0v) is 10.4. The van der Waals surface area contributed by atoms with Crippen molar-refractivity contribution in [3.8, 4) is 0 Å². The topological polar surface area (TPSA) is 67.4 Å². The Balaban J connectivity index is 2.12. The number of ether oxygens (including phenoxy) is 1. The zero-order chi connectivity index (χ0) is 13.1. The number of aryl methyl sites for hydroxylation is 1. The maximum absolute atomic E-state index is 11.8. The molecule has 2 N–H and O–H groups in total. The van der Waals surface area contributed by atoms with Gasteiger partial charge < -0.3 is 15.4 Å². The molecule has 1 unspecified atom stereocenters. The molecule has 1 amide bonds. The molecule has 0 spiro atoms. The monoisotopic (exact) mass is 248 g/mol. The minimum Gasteiger partial charge on any atom is -0.466 e. The van der Waals surface area contributed by atoms with Crippen LogP contribution in [0.3, 0.4) is 0 Å². The van der Waals surface area contributed by atoms with E-state index in [2.05, 4.69) is 10.6 Å². The highest BCUT2D eigenvalue weighted by molar-refractivity contribution is 6.04. The Kier molecular flexibility index (Phi) is 3.50. The van der Waals surface area contributed by atoms with Gasteiger partial charge in [-0.1, -0.05) is 6.07 Å². The Morgan fingerprint density at radius 3 is 2.89 bits per heavy atom. The number of benzene rings is 1. The molecule has 0 fully saturated rings. The maximum Gasteiger partial charge on any atom is 0.308 e. The summed E-state index contributed by atoms with van der Waals surface area (Å²) in [5, 5.41) is 5.84. The van der Waals surface area contributed by atoms with Crippen LogP contribution in [0.25, 0.3) is 0 Å². The summed E-state index contributed by atoms with van der Waals surface area (Å²) in [4.78, 5) is 23.2. The smallest absolute Gasteiger partial charge is 0.308 e. The van der Waals surface area contributed by atoms with Gasteiger partial charge in [0, 0.05) is 0 Å². The van der Waals surface area contributed by atoms with E-state index in [-0.39, 0.29) is 18.3 Å². The van der Waals surface area contributed by atoms with Gasteiger partial charge >= 0.3 is 5.97 Å². The minimum absolute atomic E-state index is 0.0348. The fourth-order valence-electron chi connectivity index (χ4n) is 1.89. The third-order valence-electron chi connectivity index (χ3n) is 2.76. The van der Waals surface area contributed by atoms with Crippen molar-refractivity contribution in [1.82, 2.24) is 0 Å². The Hall–Kier alpha value is -2.04. The first kappa shape index (κ1) is 12.4. The summed E-state index contributed by atoms with van der Waals surface area (Å²) in [5.41, 5.74) is 2.67. The van der Waals surface area contributed by atoms with Gasteiger partial charge in [0.1, 0.15) is 6.04 Å². The van der Waals surface area contributed by atoms with Crippen LogP contribution >= 0.6 is 0 Å². The fourth-order valence-corrected chi connectivity index (χ4v) is 1.89. The van der Waals surface area contributed by atoms with E-state index in [9.17, 15) is 9.59 Å². The van der Waals surface area contributed by atoms with Gasteiger partial charge in [0.05, 0.1) is 24.4 Å². The molecule has 1 atom stereocenters. The number of carbonyl (C=O) groups excluding carboxylic acids is 2. The minimum atomic E-state index is -0.571. The molecule has 1 aliphatic rings. The van der Waals surface area contributed by atoms with Crippen molar-refractivity contribution in [2.45, 2.75) is 26.3 Å². The lowest BCUT2D eigenvalue weighted by Crippen LogP contribution is -2.40. The van der Waals surface area contributed by atoms with Crippen LogP contribution in [0.2, 0.25) is 0 Å². The van der Waals surface area contributed by atoms with Crippen LogP contribution in [0.15, 0.2) is 18.2 Å². The van der Waals surface area contributed by atoms with Gasteiger partial charge in [-0.25, -0.2) is 0 Å². The summed E-state index contributed by atoms with van der Waals surface area (Å²) in [6.07, 6.45) is 0.0348. The lowest BCUT2D eigenvalue weighted by atomic mass is 10.1. The van der Waals surface area contributed by atoms with Gasteiger partial charge in [-0.15, -0.1) is 0 Å². The molecule has 0 radical (unpaired) electrons. The van der Waals surface area contributed by atoms with Crippen molar-refractivity contribution in [3.05, 3.63) is 23.8 Å². The van der Waals surface area contributed by atoms with Crippen molar-refractivity contribution < 1.29 is 14.3 Å². The molecule has 0 saturated heterocycles. The lowest BCUT2D eigenvalue weighted by molar-refractivity contribution is -0.144. The molecule has 0 bridgehead atoms. The van der Waals surface area contributed by atoms with Gasteiger partial charge in [0.2, 0.25) is 5.91 Å². The van der Waals surface area contributed by atoms with Gasteiger partial charge in [0.15, 0.2) is 0 Å². The zero-order valence-electron chi connectivity index (χ0n) is 10.4. The number of rotatable bonds is 3. The maximum atomic E-state index is 11.8. The molecule has 0 aliphatic carbocycles. The second-order valence-electron chi connectivity index (χ2n) is 4.24. The largest absolute Gasteiger partial charge is 0.466 e. The number of hydrogen-bond donors (Lipinski definition) is 2. The van der Waals surface area contributed by atoms with E-state index in [0.29, 0.717) is 6.61 Å². The first-order valence-electron chi connectivity index (χ1n) is 5.94. The molecule has 5 heteroatoms. The number of hydrogen-bond acceptors (Lipinski definition) is 4. The first-order chi connectivity index (χ1) is 8.60. The Morgan fingerprint density at radius 1 is 1.39 bits per heavy atom. The molecule has 18 heavy (non-hydrogen) atoms. The number of nitrogens with one attached hydrogen (secondary N) is 2. The average Bonchev–Trinajstić information content (AvgIpc) is 2.31. The third-order valence-corrected chi connectivity index (χ3v) is 2.76. The van der Waals surface area contributed by atoms with E-state index >= 15 is 0 Å². The van der Waals surface area contributed by atoms with Crippen molar-refractivity contribution in [3.63, 3.8) is 0 Å². The summed E-state index contributed by atoms with van der Waals surface area (Å²) in [6, 6.07) is 5.13. The highest BCUT2D eigenvalue weighted by atomic mass is 16.5. The van der Waals surface area contributed by atoms with E-state index in [0.717, 1.165) is 16.9 Å². The lowest BCUT2D eigenvalue weighted by Gasteiger charge is -2.26. The molecular weight excluding hydrogens is 232 g/mol. The highest BCUT2D eigenvalue weighted by Crippen LogP contribution is 2.28. The molecule has 1 aromatic rings. The standard InChI is InChI=1S/C13H16N2O3/c1-3-18-12(16)7-11-13(17)15-9-5-4-8(2)6-10(9)14-11/h4-6,11,14H,3,7H2,1-2H3,(H,15,17). The van der Waals surface area contributed by atoms with Crippen LogP contribution in [0.5, 0.6) is 0 Å². The Morgan fingerprint density at radius 2 is 2.17 bits per heavy atom.